The van der Waals surface area contributed by atoms with Crippen LogP contribution in [0.1, 0.15) is 38.5 Å². The minimum absolute atomic E-state index is 0.0584. The van der Waals surface area contributed by atoms with E-state index in [1.165, 1.54) is 7.11 Å². The van der Waals surface area contributed by atoms with Gasteiger partial charge in [0.25, 0.3) is 0 Å². The van der Waals surface area contributed by atoms with Crippen LogP contribution in [0.4, 0.5) is 0 Å². The van der Waals surface area contributed by atoms with Crippen molar-refractivity contribution in [1.82, 2.24) is 5.32 Å². The van der Waals surface area contributed by atoms with Crippen LogP contribution in [0.15, 0.2) is 0 Å². The van der Waals surface area contributed by atoms with E-state index in [1.54, 1.807) is 0 Å². The highest BCUT2D eigenvalue weighted by molar-refractivity contribution is 5.76. The average molecular weight is 242 g/mol. The van der Waals surface area contributed by atoms with Gasteiger partial charge in [-0.1, -0.05) is 0 Å². The molecule has 0 aliphatic heterocycles. The molecule has 0 aromatic carbocycles. The molecule has 0 atom stereocenters. The molecule has 1 rings (SSSR count). The molecule has 0 bridgehead atoms. The summed E-state index contributed by atoms with van der Waals surface area (Å²) in [7, 11) is 1.40. The number of primary amides is 1. The first-order chi connectivity index (χ1) is 8.13. The SMILES string of the molecule is COC(=O)CCCNC1CCC(C(N)=O)CC1. The summed E-state index contributed by atoms with van der Waals surface area (Å²) in [5, 5.41) is 3.40. The highest BCUT2D eigenvalue weighted by atomic mass is 16.5. The normalized spacial score (nSPS) is 24.3. The zero-order valence-corrected chi connectivity index (χ0v) is 10.4. The van der Waals surface area contributed by atoms with E-state index in [0.29, 0.717) is 12.5 Å². The van der Waals surface area contributed by atoms with Crippen LogP contribution in [0.25, 0.3) is 0 Å². The Bertz CT molecular complexity index is 260. The van der Waals surface area contributed by atoms with Gasteiger partial charge in [0.15, 0.2) is 0 Å². The fourth-order valence-electron chi connectivity index (χ4n) is 2.22. The lowest BCUT2D eigenvalue weighted by Gasteiger charge is -2.27. The van der Waals surface area contributed by atoms with Gasteiger partial charge in [0, 0.05) is 18.4 Å². The Morgan fingerprint density at radius 1 is 1.29 bits per heavy atom. The third-order valence-corrected chi connectivity index (χ3v) is 3.35. The highest BCUT2D eigenvalue weighted by Gasteiger charge is 2.23. The lowest BCUT2D eigenvalue weighted by molar-refractivity contribution is -0.140. The molecule has 1 saturated carbocycles. The molecule has 0 heterocycles. The molecule has 17 heavy (non-hydrogen) atoms. The highest BCUT2D eigenvalue weighted by Crippen LogP contribution is 2.23. The second-order valence-electron chi connectivity index (χ2n) is 4.58. The molecule has 3 N–H and O–H groups in total. The quantitative estimate of drug-likeness (QED) is 0.527. The number of ether oxygens (including phenoxy) is 1. The van der Waals surface area contributed by atoms with Gasteiger partial charge in [0.1, 0.15) is 0 Å². The van der Waals surface area contributed by atoms with Crippen molar-refractivity contribution in [3.8, 4) is 0 Å². The van der Waals surface area contributed by atoms with Crippen LogP contribution < -0.4 is 11.1 Å². The number of carbonyl (C=O) groups is 2. The molecular weight excluding hydrogens is 220 g/mol. The molecule has 0 aromatic rings. The molecule has 0 unspecified atom stereocenters. The van der Waals surface area contributed by atoms with Gasteiger partial charge in [-0.2, -0.15) is 0 Å². The van der Waals surface area contributed by atoms with E-state index >= 15 is 0 Å². The topological polar surface area (TPSA) is 81.4 Å². The van der Waals surface area contributed by atoms with Crippen LogP contribution in [0.2, 0.25) is 0 Å². The van der Waals surface area contributed by atoms with Crippen molar-refractivity contribution >= 4 is 11.9 Å². The molecule has 1 aliphatic carbocycles. The summed E-state index contributed by atoms with van der Waals surface area (Å²) in [6.45, 7) is 0.820. The molecule has 5 heteroatoms. The summed E-state index contributed by atoms with van der Waals surface area (Å²) in [4.78, 5) is 21.9. The number of nitrogens with one attached hydrogen (secondary N) is 1. The van der Waals surface area contributed by atoms with Crippen LogP contribution >= 0.6 is 0 Å². The van der Waals surface area contributed by atoms with Gasteiger partial charge >= 0.3 is 5.97 Å². The third-order valence-electron chi connectivity index (χ3n) is 3.35. The van der Waals surface area contributed by atoms with Crippen molar-refractivity contribution in [1.29, 1.82) is 0 Å². The molecule has 0 saturated heterocycles. The fourth-order valence-corrected chi connectivity index (χ4v) is 2.22. The molecular formula is C12H22N2O3. The van der Waals surface area contributed by atoms with Crippen LogP contribution in [0.3, 0.4) is 0 Å². The monoisotopic (exact) mass is 242 g/mol. The first-order valence-corrected chi connectivity index (χ1v) is 6.23. The number of carbonyl (C=O) groups excluding carboxylic acids is 2. The van der Waals surface area contributed by atoms with E-state index in [2.05, 4.69) is 10.1 Å². The van der Waals surface area contributed by atoms with Gasteiger partial charge in [-0.15, -0.1) is 0 Å². The number of methoxy groups -OCH3 is 1. The largest absolute Gasteiger partial charge is 0.469 e. The molecule has 1 fully saturated rings. The van der Waals surface area contributed by atoms with Crippen LogP contribution in [-0.4, -0.2) is 31.6 Å². The van der Waals surface area contributed by atoms with Crippen LogP contribution in [0, 0.1) is 5.92 Å². The molecule has 98 valence electrons. The van der Waals surface area contributed by atoms with Gasteiger partial charge in [-0.3, -0.25) is 9.59 Å². The molecule has 0 aromatic heterocycles. The van der Waals surface area contributed by atoms with Crippen molar-refractivity contribution in [2.75, 3.05) is 13.7 Å². The molecule has 0 spiro atoms. The summed E-state index contributed by atoms with van der Waals surface area (Å²) in [5.74, 6) is -0.276. The van der Waals surface area contributed by atoms with E-state index in [4.69, 9.17) is 5.73 Å². The summed E-state index contributed by atoms with van der Waals surface area (Å²) in [6.07, 6.45) is 4.99. The first-order valence-electron chi connectivity index (χ1n) is 6.23. The van der Waals surface area contributed by atoms with E-state index in [9.17, 15) is 9.59 Å². The second-order valence-corrected chi connectivity index (χ2v) is 4.58. The Morgan fingerprint density at radius 2 is 1.94 bits per heavy atom. The van der Waals surface area contributed by atoms with Gasteiger partial charge in [0.05, 0.1) is 7.11 Å². The smallest absolute Gasteiger partial charge is 0.305 e. The lowest BCUT2D eigenvalue weighted by atomic mass is 9.85. The summed E-state index contributed by atoms with van der Waals surface area (Å²) < 4.78 is 4.56. The number of hydrogen-bond acceptors (Lipinski definition) is 4. The maximum Gasteiger partial charge on any atom is 0.305 e. The lowest BCUT2D eigenvalue weighted by Crippen LogP contribution is -2.37. The Kier molecular flexibility index (Phi) is 5.97. The van der Waals surface area contributed by atoms with Crippen molar-refractivity contribution in [3.63, 3.8) is 0 Å². The summed E-state index contributed by atoms with van der Waals surface area (Å²) in [5.41, 5.74) is 5.27. The maximum atomic E-state index is 11.0. The predicted octanol–water partition coefficient (Wildman–Crippen LogP) is 0.573. The van der Waals surface area contributed by atoms with E-state index in [-0.39, 0.29) is 17.8 Å². The zero-order valence-electron chi connectivity index (χ0n) is 10.4. The number of rotatable bonds is 6. The van der Waals surface area contributed by atoms with Crippen molar-refractivity contribution in [2.24, 2.45) is 11.7 Å². The van der Waals surface area contributed by atoms with Crippen LogP contribution in [0.5, 0.6) is 0 Å². The van der Waals surface area contributed by atoms with E-state index in [1.807, 2.05) is 0 Å². The average Bonchev–Trinajstić information content (AvgIpc) is 2.34. The van der Waals surface area contributed by atoms with E-state index < -0.39 is 0 Å². The summed E-state index contributed by atoms with van der Waals surface area (Å²) >= 11 is 0. The first kappa shape index (κ1) is 14.0. The Hall–Kier alpha value is -1.10. The van der Waals surface area contributed by atoms with Crippen molar-refractivity contribution in [3.05, 3.63) is 0 Å². The van der Waals surface area contributed by atoms with Gasteiger partial charge in [0.2, 0.25) is 5.91 Å². The Morgan fingerprint density at radius 3 is 2.47 bits per heavy atom. The van der Waals surface area contributed by atoms with Crippen molar-refractivity contribution in [2.45, 2.75) is 44.6 Å². The minimum Gasteiger partial charge on any atom is -0.469 e. The van der Waals surface area contributed by atoms with Crippen LogP contribution in [-0.2, 0) is 14.3 Å². The second kappa shape index (κ2) is 7.27. The van der Waals surface area contributed by atoms with Gasteiger partial charge < -0.3 is 15.8 Å². The van der Waals surface area contributed by atoms with Gasteiger partial charge in [-0.05, 0) is 38.6 Å². The van der Waals surface area contributed by atoms with Gasteiger partial charge in [-0.25, -0.2) is 0 Å². The molecule has 0 radical (unpaired) electrons. The number of esters is 1. The maximum absolute atomic E-state index is 11.0. The molecule has 1 amide bonds. The Balaban J connectivity index is 2.06. The zero-order chi connectivity index (χ0) is 12.7. The Labute approximate surface area is 102 Å². The fraction of sp³-hybridized carbons (Fsp3) is 0.833. The van der Waals surface area contributed by atoms with Crippen molar-refractivity contribution < 1.29 is 14.3 Å². The molecule has 5 nitrogen and oxygen atoms in total. The summed E-state index contributed by atoms with van der Waals surface area (Å²) in [6, 6.07) is 0.461. The number of amides is 1. The number of hydrogen-bond donors (Lipinski definition) is 2. The molecule has 1 aliphatic rings. The predicted molar refractivity (Wildman–Crippen MR) is 64.2 cm³/mol. The standard InChI is InChI=1S/C12H22N2O3/c1-17-11(15)3-2-8-14-10-6-4-9(5-7-10)12(13)16/h9-10,14H,2-8H2,1H3,(H2,13,16). The van der Waals surface area contributed by atoms with E-state index in [0.717, 1.165) is 38.6 Å². The third kappa shape index (κ3) is 5.17. The minimum atomic E-state index is -0.172. The number of nitrogens with two attached hydrogens (primary N) is 1.